The van der Waals surface area contributed by atoms with Crippen LogP contribution in [0.25, 0.3) is 44.7 Å². The van der Waals surface area contributed by atoms with Crippen molar-refractivity contribution in [2.75, 3.05) is 18.0 Å². The highest BCUT2D eigenvalue weighted by Gasteiger charge is 2.34. The predicted octanol–water partition coefficient (Wildman–Crippen LogP) is 4.94. The van der Waals surface area contributed by atoms with E-state index in [1.54, 1.807) is 12.4 Å². The lowest BCUT2D eigenvalue weighted by atomic mass is 10.0. The molecule has 6 rings (SSSR count). The standard InChI is InChI=1S/C23H18F3N7/c24-15-9-14(11-27-12-15)13-1-2-17-16(10-13)19(32-31-17)22-29-20-18(3-6-28-21(20)30-22)33-7-4-23(25,26)5-8-33/h1-3,6,9-12H,4-5,7-8H2,(H,31,32)(H,28,29,30). The third-order valence-electron chi connectivity index (χ3n) is 6.03. The fraction of sp³-hybridized carbons (Fsp3) is 0.217. The molecule has 0 amide bonds. The number of alkyl halides is 2. The van der Waals surface area contributed by atoms with Gasteiger partial charge in [0.2, 0.25) is 0 Å². The van der Waals surface area contributed by atoms with Crippen LogP contribution in [0.5, 0.6) is 0 Å². The van der Waals surface area contributed by atoms with Gasteiger partial charge in [-0.25, -0.2) is 23.1 Å². The molecule has 10 heteroatoms. The molecule has 5 aromatic rings. The predicted molar refractivity (Wildman–Crippen MR) is 119 cm³/mol. The highest BCUT2D eigenvalue weighted by molar-refractivity contribution is 5.96. The average molecular weight is 449 g/mol. The summed E-state index contributed by atoms with van der Waals surface area (Å²) in [5, 5.41) is 8.22. The quantitative estimate of drug-likeness (QED) is 0.408. The SMILES string of the molecule is Fc1cncc(-c2ccc3[nH]nc(-c4nc5nccc(N6CCC(F)(F)CC6)c5[nH]4)c3c2)c1. The first-order valence-electron chi connectivity index (χ1n) is 10.5. The molecule has 2 N–H and O–H groups in total. The van der Waals surface area contributed by atoms with Crippen LogP contribution in [0.4, 0.5) is 18.9 Å². The second-order valence-corrected chi connectivity index (χ2v) is 8.18. The van der Waals surface area contributed by atoms with Crippen LogP contribution < -0.4 is 4.90 Å². The maximum atomic E-state index is 13.7. The van der Waals surface area contributed by atoms with E-state index in [0.29, 0.717) is 28.2 Å². The van der Waals surface area contributed by atoms with Crippen LogP contribution in [-0.2, 0) is 0 Å². The van der Waals surface area contributed by atoms with E-state index < -0.39 is 11.7 Å². The lowest BCUT2D eigenvalue weighted by molar-refractivity contribution is -0.0220. The lowest BCUT2D eigenvalue weighted by Gasteiger charge is -2.33. The zero-order chi connectivity index (χ0) is 22.6. The Morgan fingerprint density at radius 1 is 1.00 bits per heavy atom. The Hall–Kier alpha value is -3.95. The number of hydrogen-bond acceptors (Lipinski definition) is 5. The minimum atomic E-state index is -2.62. The van der Waals surface area contributed by atoms with Crippen molar-refractivity contribution in [3.8, 4) is 22.6 Å². The Bertz CT molecular complexity index is 1480. The van der Waals surface area contributed by atoms with Crippen LogP contribution in [-0.4, -0.2) is 49.1 Å². The number of nitrogens with zero attached hydrogens (tertiary/aromatic N) is 5. The Morgan fingerprint density at radius 2 is 1.85 bits per heavy atom. The summed E-state index contributed by atoms with van der Waals surface area (Å²) in [6.07, 6.45) is 4.03. The Labute approximate surface area is 185 Å². The molecule has 0 saturated carbocycles. The van der Waals surface area contributed by atoms with Gasteiger partial charge in [-0.15, -0.1) is 0 Å². The summed E-state index contributed by atoms with van der Waals surface area (Å²) in [6.45, 7) is 0.521. The summed E-state index contributed by atoms with van der Waals surface area (Å²) in [5.74, 6) is -2.52. The molecular formula is C23H18F3N7. The number of pyridine rings is 2. The van der Waals surface area contributed by atoms with E-state index in [2.05, 4.69) is 30.1 Å². The van der Waals surface area contributed by atoms with Crippen LogP contribution in [0.1, 0.15) is 12.8 Å². The number of benzene rings is 1. The second-order valence-electron chi connectivity index (χ2n) is 8.18. The number of halogens is 3. The number of rotatable bonds is 3. The van der Waals surface area contributed by atoms with Gasteiger partial charge < -0.3 is 9.88 Å². The fourth-order valence-electron chi connectivity index (χ4n) is 4.29. The third-order valence-corrected chi connectivity index (χ3v) is 6.03. The molecule has 0 bridgehead atoms. The number of fused-ring (bicyclic) bond motifs is 2. The van der Waals surface area contributed by atoms with E-state index in [1.165, 1.54) is 6.07 Å². The zero-order valence-corrected chi connectivity index (χ0v) is 17.3. The van der Waals surface area contributed by atoms with E-state index in [9.17, 15) is 13.2 Å². The van der Waals surface area contributed by atoms with Gasteiger partial charge in [0.25, 0.3) is 5.92 Å². The van der Waals surface area contributed by atoms with Crippen molar-refractivity contribution in [3.63, 3.8) is 0 Å². The molecule has 4 aromatic heterocycles. The van der Waals surface area contributed by atoms with E-state index in [4.69, 9.17) is 0 Å². The molecule has 1 aliphatic rings. The van der Waals surface area contributed by atoms with Crippen molar-refractivity contribution < 1.29 is 13.2 Å². The number of anilines is 1. The first-order chi connectivity index (χ1) is 16.0. The van der Waals surface area contributed by atoms with Gasteiger partial charge in [0, 0.05) is 49.3 Å². The highest BCUT2D eigenvalue weighted by atomic mass is 19.3. The van der Waals surface area contributed by atoms with Gasteiger partial charge in [0.15, 0.2) is 11.5 Å². The minimum Gasteiger partial charge on any atom is -0.369 e. The van der Waals surface area contributed by atoms with Crippen LogP contribution in [0.2, 0.25) is 0 Å². The maximum absolute atomic E-state index is 13.7. The number of nitrogens with one attached hydrogen (secondary N) is 2. The summed E-state index contributed by atoms with van der Waals surface area (Å²) < 4.78 is 40.9. The number of imidazole rings is 1. The molecule has 5 heterocycles. The van der Waals surface area contributed by atoms with Gasteiger partial charge in [0.1, 0.15) is 17.0 Å². The molecule has 166 valence electrons. The number of hydrogen-bond donors (Lipinski definition) is 2. The van der Waals surface area contributed by atoms with Gasteiger partial charge in [0.05, 0.1) is 17.4 Å². The smallest absolute Gasteiger partial charge is 0.251 e. The van der Waals surface area contributed by atoms with Gasteiger partial charge >= 0.3 is 0 Å². The number of aromatic amines is 2. The lowest BCUT2D eigenvalue weighted by Crippen LogP contribution is -2.39. The summed E-state index contributed by atoms with van der Waals surface area (Å²) in [4.78, 5) is 18.1. The third kappa shape index (κ3) is 3.47. The number of piperidine rings is 1. The topological polar surface area (TPSA) is 86.4 Å². The van der Waals surface area contributed by atoms with Crippen molar-refractivity contribution in [2.24, 2.45) is 0 Å². The van der Waals surface area contributed by atoms with E-state index in [1.807, 2.05) is 29.2 Å². The first kappa shape index (κ1) is 19.7. The minimum absolute atomic E-state index is 0.181. The zero-order valence-electron chi connectivity index (χ0n) is 17.3. The average Bonchev–Trinajstić information content (AvgIpc) is 3.42. The van der Waals surface area contributed by atoms with E-state index in [-0.39, 0.29) is 25.9 Å². The summed E-state index contributed by atoms with van der Waals surface area (Å²) in [5.41, 5.74) is 4.79. The van der Waals surface area contributed by atoms with Crippen LogP contribution in [0.3, 0.4) is 0 Å². The molecular weight excluding hydrogens is 431 g/mol. The molecule has 0 spiro atoms. The van der Waals surface area contributed by atoms with Crippen LogP contribution >= 0.6 is 0 Å². The summed E-state index contributed by atoms with van der Waals surface area (Å²) in [6, 6.07) is 8.87. The molecule has 7 nitrogen and oxygen atoms in total. The number of H-pyrrole nitrogens is 2. The first-order valence-corrected chi connectivity index (χ1v) is 10.5. The Morgan fingerprint density at radius 3 is 2.67 bits per heavy atom. The fourth-order valence-corrected chi connectivity index (χ4v) is 4.29. The molecule has 1 aliphatic heterocycles. The maximum Gasteiger partial charge on any atom is 0.251 e. The summed E-state index contributed by atoms with van der Waals surface area (Å²) in [7, 11) is 0. The van der Waals surface area contributed by atoms with Crippen molar-refractivity contribution in [1.82, 2.24) is 30.1 Å². The molecule has 1 aromatic carbocycles. The molecule has 0 atom stereocenters. The molecule has 0 unspecified atom stereocenters. The van der Waals surface area contributed by atoms with Gasteiger partial charge in [-0.05, 0) is 29.8 Å². The van der Waals surface area contributed by atoms with Crippen LogP contribution in [0, 0.1) is 5.82 Å². The van der Waals surface area contributed by atoms with Gasteiger partial charge in [-0.2, -0.15) is 5.10 Å². The van der Waals surface area contributed by atoms with Crippen molar-refractivity contribution in [1.29, 1.82) is 0 Å². The highest BCUT2D eigenvalue weighted by Crippen LogP contribution is 2.35. The molecule has 0 radical (unpaired) electrons. The normalized spacial score (nSPS) is 16.0. The largest absolute Gasteiger partial charge is 0.369 e. The van der Waals surface area contributed by atoms with Crippen molar-refractivity contribution >= 4 is 27.8 Å². The van der Waals surface area contributed by atoms with Gasteiger partial charge in [-0.3, -0.25) is 10.1 Å². The van der Waals surface area contributed by atoms with Crippen molar-refractivity contribution in [3.05, 3.63) is 54.7 Å². The molecule has 33 heavy (non-hydrogen) atoms. The number of aromatic nitrogens is 6. The van der Waals surface area contributed by atoms with E-state index >= 15 is 0 Å². The molecule has 1 fully saturated rings. The van der Waals surface area contributed by atoms with Crippen molar-refractivity contribution in [2.45, 2.75) is 18.8 Å². The Kier molecular flexibility index (Phi) is 4.36. The van der Waals surface area contributed by atoms with Gasteiger partial charge in [-0.1, -0.05) is 6.07 Å². The summed E-state index contributed by atoms with van der Waals surface area (Å²) >= 11 is 0. The van der Waals surface area contributed by atoms with E-state index in [0.717, 1.165) is 28.4 Å². The van der Waals surface area contributed by atoms with Crippen LogP contribution in [0.15, 0.2) is 48.9 Å². The molecule has 1 saturated heterocycles. The molecule has 0 aliphatic carbocycles. The Balaban J connectivity index is 1.42. The second kappa shape index (κ2) is 7.29. The monoisotopic (exact) mass is 449 g/mol.